The molecule has 4 nitrogen and oxygen atoms in total. The molecule has 0 spiro atoms. The first kappa shape index (κ1) is 21.0. The van der Waals surface area contributed by atoms with E-state index in [1.807, 2.05) is 27.7 Å². The highest BCUT2D eigenvalue weighted by Crippen LogP contribution is 2.31. The molecule has 1 aliphatic rings. The third-order valence-corrected chi connectivity index (χ3v) is 4.87. The summed E-state index contributed by atoms with van der Waals surface area (Å²) in [6, 6.07) is 9.44. The van der Waals surface area contributed by atoms with E-state index >= 15 is 0 Å². The molecule has 154 valence electrons. The van der Waals surface area contributed by atoms with Gasteiger partial charge in [0.05, 0.1) is 17.9 Å². The highest BCUT2D eigenvalue weighted by molar-refractivity contribution is 6.03. The van der Waals surface area contributed by atoms with Gasteiger partial charge in [0.25, 0.3) is 0 Å². The van der Waals surface area contributed by atoms with Crippen molar-refractivity contribution < 1.29 is 18.3 Å². The fraction of sp³-hybridized carbons (Fsp3) is 0.391. The third-order valence-electron chi connectivity index (χ3n) is 4.87. The van der Waals surface area contributed by atoms with Gasteiger partial charge < -0.3 is 4.74 Å². The number of benzene rings is 2. The standard InChI is InChI=1S/C23H26F2N2O2/c1-15-10-16(2)12-17(11-15)20-14-23(3,4)27(26-20)22(28)6-5-9-29-21-8-7-18(24)13-19(21)25/h7-8,10-13H,5-6,9,14H2,1-4H3. The van der Waals surface area contributed by atoms with E-state index in [4.69, 9.17) is 4.74 Å². The van der Waals surface area contributed by atoms with Crippen molar-refractivity contribution in [3.63, 3.8) is 0 Å². The van der Waals surface area contributed by atoms with Gasteiger partial charge in [-0.2, -0.15) is 5.10 Å². The summed E-state index contributed by atoms with van der Waals surface area (Å²) >= 11 is 0. The molecule has 0 bridgehead atoms. The lowest BCUT2D eigenvalue weighted by Gasteiger charge is -2.28. The second kappa shape index (κ2) is 8.31. The van der Waals surface area contributed by atoms with E-state index in [9.17, 15) is 13.6 Å². The number of hydrazone groups is 1. The lowest BCUT2D eigenvalue weighted by molar-refractivity contribution is -0.135. The van der Waals surface area contributed by atoms with Gasteiger partial charge in [0.15, 0.2) is 11.6 Å². The van der Waals surface area contributed by atoms with Gasteiger partial charge >= 0.3 is 0 Å². The summed E-state index contributed by atoms with van der Waals surface area (Å²) in [4.78, 5) is 12.7. The van der Waals surface area contributed by atoms with Crippen LogP contribution in [-0.4, -0.2) is 28.8 Å². The Hall–Kier alpha value is -2.76. The average Bonchev–Trinajstić information content (AvgIpc) is 2.95. The van der Waals surface area contributed by atoms with Crippen LogP contribution in [0.5, 0.6) is 5.75 Å². The molecule has 0 N–H and O–H groups in total. The van der Waals surface area contributed by atoms with Crippen LogP contribution in [-0.2, 0) is 4.79 Å². The Morgan fingerprint density at radius 1 is 1.14 bits per heavy atom. The largest absolute Gasteiger partial charge is 0.491 e. The number of hydrogen-bond donors (Lipinski definition) is 0. The number of hydrogen-bond acceptors (Lipinski definition) is 3. The summed E-state index contributed by atoms with van der Waals surface area (Å²) < 4.78 is 31.8. The average molecular weight is 400 g/mol. The minimum Gasteiger partial charge on any atom is -0.491 e. The number of halogens is 2. The van der Waals surface area contributed by atoms with Gasteiger partial charge in [-0.05, 0) is 51.8 Å². The summed E-state index contributed by atoms with van der Waals surface area (Å²) in [6.45, 7) is 8.24. The predicted molar refractivity (Wildman–Crippen MR) is 109 cm³/mol. The molecule has 29 heavy (non-hydrogen) atoms. The summed E-state index contributed by atoms with van der Waals surface area (Å²) in [5.74, 6) is -1.52. The smallest absolute Gasteiger partial charge is 0.243 e. The first-order valence-electron chi connectivity index (χ1n) is 9.73. The number of aryl methyl sites for hydroxylation is 2. The zero-order valence-corrected chi connectivity index (χ0v) is 17.3. The molecule has 1 aliphatic heterocycles. The van der Waals surface area contributed by atoms with E-state index in [1.165, 1.54) is 6.07 Å². The summed E-state index contributed by atoms with van der Waals surface area (Å²) in [5.41, 5.74) is 3.86. The van der Waals surface area contributed by atoms with Crippen LogP contribution in [0.4, 0.5) is 8.78 Å². The zero-order valence-electron chi connectivity index (χ0n) is 17.3. The molecule has 1 amide bonds. The van der Waals surface area contributed by atoms with Crippen LogP contribution in [0.3, 0.4) is 0 Å². The van der Waals surface area contributed by atoms with E-state index in [1.54, 1.807) is 5.01 Å². The summed E-state index contributed by atoms with van der Waals surface area (Å²) in [7, 11) is 0. The van der Waals surface area contributed by atoms with Crippen molar-refractivity contribution in [3.05, 3.63) is 64.7 Å². The quantitative estimate of drug-likeness (QED) is 0.629. The minimum absolute atomic E-state index is 0.0181. The summed E-state index contributed by atoms with van der Waals surface area (Å²) in [5, 5.41) is 6.17. The van der Waals surface area contributed by atoms with Gasteiger partial charge in [-0.25, -0.2) is 13.8 Å². The van der Waals surface area contributed by atoms with Gasteiger partial charge in [-0.3, -0.25) is 4.79 Å². The van der Waals surface area contributed by atoms with Crippen LogP contribution >= 0.6 is 0 Å². The van der Waals surface area contributed by atoms with Crippen LogP contribution in [0.1, 0.15) is 49.8 Å². The van der Waals surface area contributed by atoms with E-state index in [0.717, 1.165) is 34.5 Å². The molecule has 0 aromatic heterocycles. The number of amides is 1. The number of carbonyl (C=O) groups is 1. The normalized spacial score (nSPS) is 15.4. The van der Waals surface area contributed by atoms with Gasteiger partial charge in [0.2, 0.25) is 5.91 Å². The Morgan fingerprint density at radius 2 is 1.83 bits per heavy atom. The fourth-order valence-electron chi connectivity index (χ4n) is 3.57. The Bertz CT molecular complexity index is 934. The van der Waals surface area contributed by atoms with Gasteiger partial charge in [-0.15, -0.1) is 0 Å². The molecule has 0 aliphatic carbocycles. The molecule has 0 unspecified atom stereocenters. The molecule has 0 fully saturated rings. The molecule has 3 rings (SSSR count). The maximum atomic E-state index is 13.6. The monoisotopic (exact) mass is 400 g/mol. The maximum Gasteiger partial charge on any atom is 0.243 e. The lowest BCUT2D eigenvalue weighted by atomic mass is 9.93. The van der Waals surface area contributed by atoms with Crippen molar-refractivity contribution in [1.82, 2.24) is 5.01 Å². The van der Waals surface area contributed by atoms with Crippen LogP contribution < -0.4 is 4.74 Å². The molecule has 1 heterocycles. The van der Waals surface area contributed by atoms with Crippen molar-refractivity contribution in [1.29, 1.82) is 0 Å². The van der Waals surface area contributed by atoms with Crippen molar-refractivity contribution in [2.75, 3.05) is 6.61 Å². The summed E-state index contributed by atoms with van der Waals surface area (Å²) in [6.07, 6.45) is 1.32. The molecule has 0 atom stereocenters. The Labute approximate surface area is 170 Å². The number of rotatable bonds is 6. The highest BCUT2D eigenvalue weighted by atomic mass is 19.1. The van der Waals surface area contributed by atoms with E-state index in [-0.39, 0.29) is 24.7 Å². The Kier molecular flexibility index (Phi) is 6.01. The van der Waals surface area contributed by atoms with E-state index in [0.29, 0.717) is 12.8 Å². The van der Waals surface area contributed by atoms with Crippen molar-refractivity contribution in [2.24, 2.45) is 5.10 Å². The van der Waals surface area contributed by atoms with E-state index < -0.39 is 17.2 Å². The molecule has 6 heteroatoms. The number of nitrogens with zero attached hydrogens (tertiary/aromatic N) is 2. The topological polar surface area (TPSA) is 41.9 Å². The highest BCUT2D eigenvalue weighted by Gasteiger charge is 2.38. The number of carbonyl (C=O) groups excluding carboxylic acids is 1. The molecule has 2 aromatic rings. The SMILES string of the molecule is Cc1cc(C)cc(C2=NN(C(=O)CCCOc3ccc(F)cc3F)C(C)(C)C2)c1. The third kappa shape index (κ3) is 5.00. The maximum absolute atomic E-state index is 13.6. The Morgan fingerprint density at radius 3 is 2.48 bits per heavy atom. The van der Waals surface area contributed by atoms with Crippen LogP contribution in [0.2, 0.25) is 0 Å². The fourth-order valence-corrected chi connectivity index (χ4v) is 3.57. The molecule has 0 radical (unpaired) electrons. The molecular formula is C23H26F2N2O2. The second-order valence-corrected chi connectivity index (χ2v) is 8.14. The number of ether oxygens (including phenoxy) is 1. The van der Waals surface area contributed by atoms with Gasteiger partial charge in [0, 0.05) is 18.9 Å². The van der Waals surface area contributed by atoms with Crippen LogP contribution in [0.25, 0.3) is 0 Å². The molecule has 0 saturated heterocycles. The molecule has 0 saturated carbocycles. The lowest BCUT2D eigenvalue weighted by Crippen LogP contribution is -2.40. The van der Waals surface area contributed by atoms with Crippen molar-refractivity contribution >= 4 is 11.6 Å². The molecular weight excluding hydrogens is 374 g/mol. The zero-order chi connectivity index (χ0) is 21.2. The van der Waals surface area contributed by atoms with Crippen molar-refractivity contribution in [3.8, 4) is 5.75 Å². The first-order valence-corrected chi connectivity index (χ1v) is 9.73. The van der Waals surface area contributed by atoms with Gasteiger partial charge in [0.1, 0.15) is 5.82 Å². The van der Waals surface area contributed by atoms with Crippen molar-refractivity contribution in [2.45, 2.75) is 52.5 Å². The van der Waals surface area contributed by atoms with Crippen LogP contribution in [0, 0.1) is 25.5 Å². The Balaban J connectivity index is 1.61. The van der Waals surface area contributed by atoms with Crippen LogP contribution in [0.15, 0.2) is 41.5 Å². The molecule has 2 aromatic carbocycles. The predicted octanol–water partition coefficient (Wildman–Crippen LogP) is 5.16. The van der Waals surface area contributed by atoms with E-state index in [2.05, 4.69) is 23.3 Å². The van der Waals surface area contributed by atoms with Gasteiger partial charge in [-0.1, -0.05) is 29.3 Å². The first-order chi connectivity index (χ1) is 13.7. The minimum atomic E-state index is -0.750. The second-order valence-electron chi connectivity index (χ2n) is 8.14.